The molecule has 1 saturated carbocycles. The van der Waals surface area contributed by atoms with Crippen LogP contribution in [0, 0.1) is 0 Å². The van der Waals surface area contributed by atoms with Crippen molar-refractivity contribution in [1.82, 2.24) is 10.2 Å². The Bertz CT molecular complexity index is 441. The Morgan fingerprint density at radius 2 is 2.00 bits per heavy atom. The smallest absolute Gasteiger partial charge is 0.345 e. The van der Waals surface area contributed by atoms with Crippen molar-refractivity contribution in [3.05, 3.63) is 21.6 Å². The fourth-order valence-electron chi connectivity index (χ4n) is 2.47. The first kappa shape index (κ1) is 12.0. The molecule has 1 aliphatic carbocycles. The Labute approximate surface area is 99.5 Å². The van der Waals surface area contributed by atoms with Crippen molar-refractivity contribution in [2.75, 3.05) is 6.61 Å². The van der Waals surface area contributed by atoms with E-state index >= 15 is 0 Å². The maximum atomic E-state index is 11.7. The van der Waals surface area contributed by atoms with Gasteiger partial charge in [0.25, 0.3) is 5.56 Å². The van der Waals surface area contributed by atoms with E-state index in [1.807, 2.05) is 0 Å². The van der Waals surface area contributed by atoms with Gasteiger partial charge in [0.15, 0.2) is 0 Å². The molecule has 2 N–H and O–H groups in total. The largest absolute Gasteiger partial charge is 0.462 e. The molecule has 5 heteroatoms. The molecule has 94 valence electrons. The quantitative estimate of drug-likeness (QED) is 0.790. The molecule has 0 bridgehead atoms. The molecule has 0 amide bonds. The number of esters is 1. The molecule has 5 nitrogen and oxygen atoms in total. The van der Waals surface area contributed by atoms with E-state index in [0.717, 1.165) is 31.4 Å². The van der Waals surface area contributed by atoms with E-state index in [9.17, 15) is 9.59 Å². The van der Waals surface area contributed by atoms with Gasteiger partial charge in [0, 0.05) is 5.92 Å². The molecule has 0 atom stereocenters. The molecule has 1 aliphatic rings. The van der Waals surface area contributed by atoms with Gasteiger partial charge in [-0.25, -0.2) is 4.79 Å². The standard InChI is InChI=1S/C12H18N2O3/c1-2-17-12(16)9-10(13-14-11(9)15)8-6-4-3-5-7-8/h8H,2-7H2,1H3,(H2,13,14,15). The van der Waals surface area contributed by atoms with Crippen molar-refractivity contribution in [2.24, 2.45) is 0 Å². The summed E-state index contributed by atoms with van der Waals surface area (Å²) in [5, 5.41) is 5.34. The minimum absolute atomic E-state index is 0.166. The molecule has 1 aromatic heterocycles. The van der Waals surface area contributed by atoms with Gasteiger partial charge in [0.2, 0.25) is 0 Å². The molecule has 1 aromatic rings. The fourth-order valence-corrected chi connectivity index (χ4v) is 2.47. The van der Waals surface area contributed by atoms with Gasteiger partial charge < -0.3 is 9.84 Å². The van der Waals surface area contributed by atoms with E-state index in [0.29, 0.717) is 0 Å². The molecular weight excluding hydrogens is 220 g/mol. The second-order valence-electron chi connectivity index (χ2n) is 4.42. The summed E-state index contributed by atoms with van der Waals surface area (Å²) < 4.78 is 4.92. The molecule has 0 aliphatic heterocycles. The SMILES string of the molecule is CCOC(=O)c1c(C2CCCCC2)[nH][nH]c1=O. The Hall–Kier alpha value is -1.52. The number of hydrogen-bond acceptors (Lipinski definition) is 3. The summed E-state index contributed by atoms with van der Waals surface area (Å²) in [5.74, 6) is -0.238. The third-order valence-corrected chi connectivity index (χ3v) is 3.30. The van der Waals surface area contributed by atoms with Crippen LogP contribution in [0.25, 0.3) is 0 Å². The van der Waals surface area contributed by atoms with Crippen LogP contribution in [0.4, 0.5) is 0 Å². The fraction of sp³-hybridized carbons (Fsp3) is 0.667. The molecule has 1 fully saturated rings. The predicted octanol–water partition coefficient (Wildman–Crippen LogP) is 1.93. The van der Waals surface area contributed by atoms with Crippen molar-refractivity contribution in [2.45, 2.75) is 44.9 Å². The molecule has 0 spiro atoms. The van der Waals surface area contributed by atoms with Gasteiger partial charge in [-0.3, -0.25) is 9.89 Å². The van der Waals surface area contributed by atoms with Crippen LogP contribution < -0.4 is 5.56 Å². The van der Waals surface area contributed by atoms with E-state index < -0.39 is 5.97 Å². The van der Waals surface area contributed by atoms with Crippen LogP contribution >= 0.6 is 0 Å². The Balaban J connectivity index is 2.27. The van der Waals surface area contributed by atoms with Gasteiger partial charge in [-0.1, -0.05) is 19.3 Å². The third-order valence-electron chi connectivity index (χ3n) is 3.30. The van der Waals surface area contributed by atoms with Crippen LogP contribution in [-0.4, -0.2) is 22.8 Å². The maximum absolute atomic E-state index is 11.7. The topological polar surface area (TPSA) is 75.0 Å². The number of rotatable bonds is 3. The van der Waals surface area contributed by atoms with Crippen molar-refractivity contribution in [1.29, 1.82) is 0 Å². The zero-order chi connectivity index (χ0) is 12.3. The van der Waals surface area contributed by atoms with Crippen LogP contribution in [-0.2, 0) is 4.74 Å². The average Bonchev–Trinajstić information content (AvgIpc) is 2.73. The number of aromatic amines is 2. The second-order valence-corrected chi connectivity index (χ2v) is 4.42. The van der Waals surface area contributed by atoms with Crippen molar-refractivity contribution >= 4 is 5.97 Å². The molecule has 0 radical (unpaired) electrons. The summed E-state index contributed by atoms with van der Waals surface area (Å²) >= 11 is 0. The lowest BCUT2D eigenvalue weighted by Crippen LogP contribution is -2.18. The minimum atomic E-state index is -0.518. The van der Waals surface area contributed by atoms with Gasteiger partial charge in [-0.05, 0) is 19.8 Å². The maximum Gasteiger partial charge on any atom is 0.345 e. The second kappa shape index (κ2) is 5.21. The number of hydrogen-bond donors (Lipinski definition) is 2. The van der Waals surface area contributed by atoms with Gasteiger partial charge in [-0.15, -0.1) is 0 Å². The van der Waals surface area contributed by atoms with Crippen molar-refractivity contribution in [3.8, 4) is 0 Å². The first-order valence-corrected chi connectivity index (χ1v) is 6.21. The van der Waals surface area contributed by atoms with Crippen LogP contribution in [0.5, 0.6) is 0 Å². The molecule has 1 heterocycles. The highest BCUT2D eigenvalue weighted by atomic mass is 16.5. The Kier molecular flexibility index (Phi) is 3.66. The van der Waals surface area contributed by atoms with Crippen LogP contribution in [0.2, 0.25) is 0 Å². The average molecular weight is 238 g/mol. The summed E-state index contributed by atoms with van der Waals surface area (Å²) in [6.45, 7) is 2.02. The highest BCUT2D eigenvalue weighted by Gasteiger charge is 2.26. The highest BCUT2D eigenvalue weighted by Crippen LogP contribution is 2.32. The number of ether oxygens (including phenoxy) is 1. The Morgan fingerprint density at radius 1 is 1.29 bits per heavy atom. The number of H-pyrrole nitrogens is 2. The van der Waals surface area contributed by atoms with Gasteiger partial charge in [0.1, 0.15) is 5.56 Å². The highest BCUT2D eigenvalue weighted by molar-refractivity contribution is 5.90. The van der Waals surface area contributed by atoms with E-state index in [2.05, 4.69) is 10.2 Å². The third kappa shape index (κ3) is 2.43. The number of carbonyl (C=O) groups is 1. The number of carbonyl (C=O) groups excluding carboxylic acids is 1. The molecule has 0 unspecified atom stereocenters. The molecule has 0 aromatic carbocycles. The van der Waals surface area contributed by atoms with E-state index in [-0.39, 0.29) is 23.6 Å². The summed E-state index contributed by atoms with van der Waals surface area (Å²) in [5.41, 5.74) is 0.524. The number of aromatic nitrogens is 2. The van der Waals surface area contributed by atoms with Crippen LogP contribution in [0.3, 0.4) is 0 Å². The first-order valence-electron chi connectivity index (χ1n) is 6.21. The normalized spacial score (nSPS) is 17.0. The Morgan fingerprint density at radius 3 is 2.65 bits per heavy atom. The van der Waals surface area contributed by atoms with Gasteiger partial charge in [-0.2, -0.15) is 0 Å². The summed E-state index contributed by atoms with van der Waals surface area (Å²) in [6.07, 6.45) is 5.60. The van der Waals surface area contributed by atoms with E-state index in [1.54, 1.807) is 6.92 Å². The minimum Gasteiger partial charge on any atom is -0.462 e. The van der Waals surface area contributed by atoms with Crippen molar-refractivity contribution < 1.29 is 9.53 Å². The summed E-state index contributed by atoms with van der Waals surface area (Å²) in [4.78, 5) is 23.3. The van der Waals surface area contributed by atoms with E-state index in [4.69, 9.17) is 4.74 Å². The predicted molar refractivity (Wildman–Crippen MR) is 63.2 cm³/mol. The summed E-state index contributed by atoms with van der Waals surface area (Å²) in [6, 6.07) is 0. The van der Waals surface area contributed by atoms with Crippen molar-refractivity contribution in [3.63, 3.8) is 0 Å². The van der Waals surface area contributed by atoms with Gasteiger partial charge >= 0.3 is 5.97 Å². The van der Waals surface area contributed by atoms with Crippen LogP contribution in [0.15, 0.2) is 4.79 Å². The molecule has 17 heavy (non-hydrogen) atoms. The molecule has 0 saturated heterocycles. The lowest BCUT2D eigenvalue weighted by molar-refractivity contribution is 0.0522. The first-order chi connectivity index (χ1) is 8.24. The molecule has 2 rings (SSSR count). The van der Waals surface area contributed by atoms with E-state index in [1.165, 1.54) is 6.42 Å². The van der Waals surface area contributed by atoms with Crippen LogP contribution in [0.1, 0.15) is 61.0 Å². The lowest BCUT2D eigenvalue weighted by Gasteiger charge is -2.20. The van der Waals surface area contributed by atoms with Gasteiger partial charge in [0.05, 0.1) is 12.3 Å². The summed E-state index contributed by atoms with van der Waals surface area (Å²) in [7, 11) is 0. The molecular formula is C12H18N2O3. The number of nitrogens with one attached hydrogen (secondary N) is 2. The lowest BCUT2D eigenvalue weighted by atomic mass is 9.85. The zero-order valence-corrected chi connectivity index (χ0v) is 10.0. The zero-order valence-electron chi connectivity index (χ0n) is 10.0. The monoisotopic (exact) mass is 238 g/mol.